The Bertz CT molecular complexity index is 1160. The molecule has 2 saturated heterocycles. The number of aromatic nitrogens is 1. The van der Waals surface area contributed by atoms with E-state index in [-0.39, 0.29) is 18.2 Å². The molecule has 1 unspecified atom stereocenters. The molecule has 3 aliphatic rings. The van der Waals surface area contributed by atoms with Crippen LogP contribution in [-0.4, -0.2) is 60.6 Å². The van der Waals surface area contributed by atoms with Crippen LogP contribution in [0.15, 0.2) is 47.5 Å². The summed E-state index contributed by atoms with van der Waals surface area (Å²) in [6.07, 6.45) is 5.35. The summed E-state index contributed by atoms with van der Waals surface area (Å²) in [5.74, 6) is -0.512. The number of benzene rings is 1. The Morgan fingerprint density at radius 1 is 1.06 bits per heavy atom. The van der Waals surface area contributed by atoms with Gasteiger partial charge in [0.05, 0.1) is 23.1 Å². The number of fused-ring (bicyclic) bond motifs is 1. The second-order valence-corrected chi connectivity index (χ2v) is 10.9. The highest BCUT2D eigenvalue weighted by molar-refractivity contribution is 7.89. The molecule has 174 valence electrons. The van der Waals surface area contributed by atoms with Gasteiger partial charge in [-0.15, -0.1) is 0 Å². The minimum Gasteiger partial charge on any atom is -0.336 e. The minimum absolute atomic E-state index is 0.0404. The van der Waals surface area contributed by atoms with Gasteiger partial charge < -0.3 is 9.80 Å². The second kappa shape index (κ2) is 8.87. The number of rotatable bonds is 5. The Balaban J connectivity index is 1.29. The van der Waals surface area contributed by atoms with E-state index in [0.717, 1.165) is 36.2 Å². The molecule has 1 aromatic heterocycles. The van der Waals surface area contributed by atoms with E-state index in [1.807, 2.05) is 18.2 Å². The van der Waals surface area contributed by atoms with Crippen molar-refractivity contribution < 1.29 is 18.0 Å². The van der Waals surface area contributed by atoms with Gasteiger partial charge in [-0.25, -0.2) is 8.42 Å². The van der Waals surface area contributed by atoms with E-state index < -0.39 is 15.9 Å². The number of hydrogen-bond donors (Lipinski definition) is 0. The molecule has 0 aliphatic carbocycles. The maximum Gasteiger partial charge on any atom is 0.243 e. The third kappa shape index (κ3) is 4.27. The van der Waals surface area contributed by atoms with E-state index in [2.05, 4.69) is 4.98 Å². The number of amides is 2. The van der Waals surface area contributed by atoms with Gasteiger partial charge >= 0.3 is 0 Å². The van der Waals surface area contributed by atoms with Gasteiger partial charge in [0.2, 0.25) is 21.8 Å². The maximum atomic E-state index is 13.3. The quantitative estimate of drug-likeness (QED) is 0.671. The van der Waals surface area contributed by atoms with Crippen LogP contribution in [0.25, 0.3) is 0 Å². The molecule has 0 spiro atoms. The van der Waals surface area contributed by atoms with Crippen LogP contribution in [0.2, 0.25) is 0 Å². The molecule has 4 heterocycles. The Morgan fingerprint density at radius 2 is 1.88 bits per heavy atom. The highest BCUT2D eigenvalue weighted by Crippen LogP contribution is 2.34. The van der Waals surface area contributed by atoms with Crippen LogP contribution in [-0.2, 0) is 32.6 Å². The number of piperidine rings is 1. The summed E-state index contributed by atoms with van der Waals surface area (Å²) < 4.78 is 27.6. The molecule has 8 nitrogen and oxygen atoms in total. The lowest BCUT2D eigenvalue weighted by molar-refractivity contribution is -0.128. The van der Waals surface area contributed by atoms with Gasteiger partial charge in [-0.3, -0.25) is 14.6 Å². The van der Waals surface area contributed by atoms with E-state index in [9.17, 15) is 18.0 Å². The van der Waals surface area contributed by atoms with Crippen molar-refractivity contribution in [2.45, 2.75) is 43.5 Å². The Morgan fingerprint density at radius 3 is 2.64 bits per heavy atom. The third-order valence-electron chi connectivity index (χ3n) is 6.81. The lowest BCUT2D eigenvalue weighted by Crippen LogP contribution is -2.36. The summed E-state index contributed by atoms with van der Waals surface area (Å²) in [6.45, 7) is 2.41. The molecule has 1 aromatic carbocycles. The standard InChI is InChI=1S/C24H28N4O4S/c29-23-15-19(16-26(23)17-20-6-2-3-10-25-20)24(30)28-13-9-18-14-21(7-8-22(18)28)33(31,32)27-11-4-1-5-12-27/h2-3,6-8,10,14,19H,1,4-5,9,11-13,15-17H2. The lowest BCUT2D eigenvalue weighted by Gasteiger charge is -2.26. The van der Waals surface area contributed by atoms with Crippen LogP contribution in [0.5, 0.6) is 0 Å². The van der Waals surface area contributed by atoms with Crippen LogP contribution in [0, 0.1) is 5.92 Å². The average Bonchev–Trinajstić information content (AvgIpc) is 3.43. The number of carbonyl (C=O) groups excluding carboxylic acids is 2. The first-order valence-electron chi connectivity index (χ1n) is 11.6. The zero-order valence-corrected chi connectivity index (χ0v) is 19.3. The molecule has 9 heteroatoms. The Hall–Kier alpha value is -2.78. The number of nitrogens with zero attached hydrogens (tertiary/aromatic N) is 4. The summed E-state index contributed by atoms with van der Waals surface area (Å²) >= 11 is 0. The number of sulfonamides is 1. The van der Waals surface area contributed by atoms with Gasteiger partial charge in [0.15, 0.2) is 0 Å². The van der Waals surface area contributed by atoms with Gasteiger partial charge in [0.1, 0.15) is 0 Å². The summed E-state index contributed by atoms with van der Waals surface area (Å²) in [5.41, 5.74) is 2.43. The van der Waals surface area contributed by atoms with Crippen molar-refractivity contribution in [2.24, 2.45) is 5.92 Å². The molecule has 1 atom stereocenters. The zero-order valence-electron chi connectivity index (χ0n) is 18.5. The fourth-order valence-corrected chi connectivity index (χ4v) is 6.59. The third-order valence-corrected chi connectivity index (χ3v) is 8.70. The largest absolute Gasteiger partial charge is 0.336 e. The summed E-state index contributed by atoms with van der Waals surface area (Å²) in [6, 6.07) is 10.7. The van der Waals surface area contributed by atoms with E-state index in [4.69, 9.17) is 0 Å². The van der Waals surface area contributed by atoms with Crippen molar-refractivity contribution in [3.05, 3.63) is 53.9 Å². The number of carbonyl (C=O) groups is 2. The van der Waals surface area contributed by atoms with Crippen LogP contribution in [0.3, 0.4) is 0 Å². The van der Waals surface area contributed by atoms with Crippen molar-refractivity contribution in [1.82, 2.24) is 14.2 Å². The first-order valence-corrected chi connectivity index (χ1v) is 13.0. The van der Waals surface area contributed by atoms with Crippen molar-refractivity contribution in [2.75, 3.05) is 31.1 Å². The number of anilines is 1. The van der Waals surface area contributed by atoms with Crippen LogP contribution in [0.1, 0.15) is 36.9 Å². The van der Waals surface area contributed by atoms with Crippen LogP contribution in [0.4, 0.5) is 5.69 Å². The summed E-state index contributed by atoms with van der Waals surface area (Å²) in [7, 11) is -3.51. The fraction of sp³-hybridized carbons (Fsp3) is 0.458. The van der Waals surface area contributed by atoms with Gasteiger partial charge in [-0.05, 0) is 55.2 Å². The number of hydrogen-bond acceptors (Lipinski definition) is 5. The molecule has 0 N–H and O–H groups in total. The normalized spacial score (nSPS) is 21.5. The van der Waals surface area contributed by atoms with Crippen molar-refractivity contribution in [3.63, 3.8) is 0 Å². The molecule has 0 saturated carbocycles. The molecule has 5 rings (SSSR count). The van der Waals surface area contributed by atoms with E-state index in [1.165, 1.54) is 0 Å². The summed E-state index contributed by atoms with van der Waals surface area (Å²) in [5, 5.41) is 0. The number of pyridine rings is 1. The highest BCUT2D eigenvalue weighted by atomic mass is 32.2. The molecule has 2 fully saturated rings. The Labute approximate surface area is 194 Å². The first kappa shape index (κ1) is 22.0. The average molecular weight is 469 g/mol. The molecule has 2 amide bonds. The molecule has 3 aliphatic heterocycles. The zero-order chi connectivity index (χ0) is 23.0. The van der Waals surface area contributed by atoms with Gasteiger partial charge in [0, 0.05) is 44.5 Å². The van der Waals surface area contributed by atoms with Crippen molar-refractivity contribution in [1.29, 1.82) is 0 Å². The smallest absolute Gasteiger partial charge is 0.243 e. The second-order valence-electron chi connectivity index (χ2n) is 8.99. The minimum atomic E-state index is -3.51. The van der Waals surface area contributed by atoms with Crippen molar-refractivity contribution >= 4 is 27.5 Å². The number of likely N-dealkylation sites (tertiary alicyclic amines) is 1. The van der Waals surface area contributed by atoms with E-state index in [0.29, 0.717) is 44.0 Å². The SMILES string of the molecule is O=C1CC(C(=O)N2CCc3cc(S(=O)(=O)N4CCCCC4)ccc32)CN1Cc1ccccn1. The molecular formula is C24H28N4O4S. The lowest BCUT2D eigenvalue weighted by atomic mass is 10.1. The van der Waals surface area contributed by atoms with E-state index in [1.54, 1.807) is 38.5 Å². The summed E-state index contributed by atoms with van der Waals surface area (Å²) in [4.78, 5) is 33.8. The first-order chi connectivity index (χ1) is 15.9. The molecule has 0 radical (unpaired) electrons. The van der Waals surface area contributed by atoms with Crippen LogP contribution < -0.4 is 4.90 Å². The fourth-order valence-electron chi connectivity index (χ4n) is 5.02. The van der Waals surface area contributed by atoms with Crippen LogP contribution >= 0.6 is 0 Å². The molecule has 2 aromatic rings. The van der Waals surface area contributed by atoms with Gasteiger partial charge in [-0.2, -0.15) is 4.31 Å². The maximum absolute atomic E-state index is 13.3. The van der Waals surface area contributed by atoms with Crippen molar-refractivity contribution in [3.8, 4) is 0 Å². The molecule has 33 heavy (non-hydrogen) atoms. The van der Waals surface area contributed by atoms with E-state index >= 15 is 0 Å². The molecule has 0 bridgehead atoms. The predicted molar refractivity (Wildman–Crippen MR) is 123 cm³/mol. The predicted octanol–water partition coefficient (Wildman–Crippen LogP) is 2.19. The highest BCUT2D eigenvalue weighted by Gasteiger charge is 2.39. The molecular weight excluding hydrogens is 440 g/mol. The topological polar surface area (TPSA) is 90.9 Å². The van der Waals surface area contributed by atoms with Gasteiger partial charge in [0.25, 0.3) is 0 Å². The Kier molecular flexibility index (Phi) is 5.92. The monoisotopic (exact) mass is 468 g/mol. The van der Waals surface area contributed by atoms with Gasteiger partial charge in [-0.1, -0.05) is 12.5 Å².